The standard InChI is InChI=1S/C10H5BrO3/c11-7-9-5(1-3-13-9)8(12)6-2-4-14-10(6)7/h1-4,12H. The second-order valence-corrected chi connectivity index (χ2v) is 3.78. The Morgan fingerprint density at radius 3 is 2.00 bits per heavy atom. The van der Waals surface area contributed by atoms with Gasteiger partial charge in [-0.25, -0.2) is 0 Å². The molecule has 0 fully saturated rings. The maximum atomic E-state index is 9.87. The third kappa shape index (κ3) is 0.812. The number of furan rings is 2. The molecule has 1 aromatic carbocycles. The molecule has 3 rings (SSSR count). The summed E-state index contributed by atoms with van der Waals surface area (Å²) in [5.74, 6) is 0.195. The zero-order valence-electron chi connectivity index (χ0n) is 6.95. The zero-order chi connectivity index (χ0) is 9.71. The molecule has 3 nitrogen and oxygen atoms in total. The van der Waals surface area contributed by atoms with Gasteiger partial charge in [0.25, 0.3) is 0 Å². The fraction of sp³-hybridized carbons (Fsp3) is 0. The first-order valence-corrected chi connectivity index (χ1v) is 4.83. The highest BCUT2D eigenvalue weighted by molar-refractivity contribution is 9.10. The first-order valence-electron chi connectivity index (χ1n) is 4.04. The lowest BCUT2D eigenvalue weighted by molar-refractivity contribution is 0.487. The zero-order valence-corrected chi connectivity index (χ0v) is 8.54. The summed E-state index contributed by atoms with van der Waals surface area (Å²) in [7, 11) is 0. The van der Waals surface area contributed by atoms with E-state index in [0.717, 1.165) is 4.47 Å². The molecular weight excluding hydrogens is 248 g/mol. The first-order chi connectivity index (χ1) is 6.79. The van der Waals surface area contributed by atoms with Crippen molar-refractivity contribution in [1.29, 1.82) is 0 Å². The van der Waals surface area contributed by atoms with Crippen molar-refractivity contribution in [2.24, 2.45) is 0 Å². The third-order valence-corrected chi connectivity index (χ3v) is 2.96. The number of aromatic hydroxyl groups is 1. The smallest absolute Gasteiger partial charge is 0.155 e. The average Bonchev–Trinajstić information content (AvgIpc) is 2.82. The molecule has 0 unspecified atom stereocenters. The van der Waals surface area contributed by atoms with Crippen molar-refractivity contribution in [1.82, 2.24) is 0 Å². The molecule has 0 aliphatic carbocycles. The van der Waals surface area contributed by atoms with E-state index in [9.17, 15) is 5.11 Å². The van der Waals surface area contributed by atoms with Crippen LogP contribution in [0.5, 0.6) is 5.75 Å². The number of hydrogen-bond acceptors (Lipinski definition) is 3. The minimum absolute atomic E-state index is 0.195. The van der Waals surface area contributed by atoms with Crippen LogP contribution in [0, 0.1) is 0 Å². The second kappa shape index (κ2) is 2.54. The molecule has 2 aromatic heterocycles. The minimum atomic E-state index is 0.195. The predicted octanol–water partition coefficient (Wildman–Crippen LogP) is 3.65. The molecule has 4 heteroatoms. The van der Waals surface area contributed by atoms with Gasteiger partial charge in [-0.3, -0.25) is 0 Å². The van der Waals surface area contributed by atoms with E-state index in [4.69, 9.17) is 8.83 Å². The molecule has 70 valence electrons. The molecule has 2 heterocycles. The van der Waals surface area contributed by atoms with Crippen LogP contribution in [0.2, 0.25) is 0 Å². The molecule has 1 N–H and O–H groups in total. The van der Waals surface area contributed by atoms with Gasteiger partial charge in [-0.2, -0.15) is 0 Å². The van der Waals surface area contributed by atoms with Crippen LogP contribution in [0.15, 0.2) is 38.0 Å². The minimum Gasteiger partial charge on any atom is -0.506 e. The number of fused-ring (bicyclic) bond motifs is 2. The summed E-state index contributed by atoms with van der Waals surface area (Å²) >= 11 is 3.38. The summed E-state index contributed by atoms with van der Waals surface area (Å²) in [6.45, 7) is 0. The van der Waals surface area contributed by atoms with Crippen molar-refractivity contribution in [3.8, 4) is 5.75 Å². The normalized spacial score (nSPS) is 11.5. The Hall–Kier alpha value is -1.42. The Morgan fingerprint density at radius 1 is 1.00 bits per heavy atom. The Morgan fingerprint density at radius 2 is 1.50 bits per heavy atom. The number of rotatable bonds is 0. The number of phenolic OH excluding ortho intramolecular Hbond substituents is 1. The number of benzene rings is 1. The molecule has 0 atom stereocenters. The van der Waals surface area contributed by atoms with Crippen LogP contribution in [0.3, 0.4) is 0 Å². The lowest BCUT2D eigenvalue weighted by Gasteiger charge is -1.98. The van der Waals surface area contributed by atoms with Gasteiger partial charge < -0.3 is 13.9 Å². The van der Waals surface area contributed by atoms with E-state index in [1.807, 2.05) is 0 Å². The summed E-state index contributed by atoms with van der Waals surface area (Å²) in [6, 6.07) is 3.45. The van der Waals surface area contributed by atoms with Gasteiger partial charge in [-0.15, -0.1) is 0 Å². The van der Waals surface area contributed by atoms with Gasteiger partial charge in [0, 0.05) is 0 Å². The van der Waals surface area contributed by atoms with Crippen molar-refractivity contribution in [2.45, 2.75) is 0 Å². The maximum Gasteiger partial charge on any atom is 0.155 e. The molecule has 0 amide bonds. The van der Waals surface area contributed by atoms with Crippen molar-refractivity contribution in [3.05, 3.63) is 29.1 Å². The molecule has 0 aliphatic rings. The van der Waals surface area contributed by atoms with Gasteiger partial charge in [0.05, 0.1) is 23.3 Å². The lowest BCUT2D eigenvalue weighted by atomic mass is 10.2. The van der Waals surface area contributed by atoms with E-state index < -0.39 is 0 Å². The molecule has 0 saturated heterocycles. The number of hydrogen-bond donors (Lipinski definition) is 1. The van der Waals surface area contributed by atoms with Crippen LogP contribution in [-0.2, 0) is 0 Å². The van der Waals surface area contributed by atoms with E-state index in [1.54, 1.807) is 12.1 Å². The van der Waals surface area contributed by atoms with Crippen molar-refractivity contribution in [2.75, 3.05) is 0 Å². The van der Waals surface area contributed by atoms with Crippen molar-refractivity contribution < 1.29 is 13.9 Å². The van der Waals surface area contributed by atoms with Crippen LogP contribution in [0.25, 0.3) is 21.9 Å². The molecule has 0 radical (unpaired) electrons. The summed E-state index contributed by atoms with van der Waals surface area (Å²) in [5.41, 5.74) is 1.20. The van der Waals surface area contributed by atoms with Gasteiger partial charge in [0.15, 0.2) is 11.2 Å². The number of halogens is 1. The van der Waals surface area contributed by atoms with E-state index in [1.165, 1.54) is 12.5 Å². The van der Waals surface area contributed by atoms with Gasteiger partial charge in [0.1, 0.15) is 10.2 Å². The fourth-order valence-corrected chi connectivity index (χ4v) is 2.19. The van der Waals surface area contributed by atoms with Crippen LogP contribution in [0.4, 0.5) is 0 Å². The molecule has 14 heavy (non-hydrogen) atoms. The summed E-state index contributed by atoms with van der Waals surface area (Å²) in [4.78, 5) is 0. The molecule has 3 aromatic rings. The van der Waals surface area contributed by atoms with Crippen LogP contribution < -0.4 is 0 Å². The average molecular weight is 253 g/mol. The summed E-state index contributed by atoms with van der Waals surface area (Å²) in [6.07, 6.45) is 3.07. The molecule has 0 saturated carbocycles. The Balaban J connectivity index is 2.72. The topological polar surface area (TPSA) is 46.5 Å². The van der Waals surface area contributed by atoms with E-state index in [2.05, 4.69) is 15.9 Å². The quantitative estimate of drug-likeness (QED) is 0.665. The molecule has 0 aliphatic heterocycles. The van der Waals surface area contributed by atoms with Crippen LogP contribution in [-0.4, -0.2) is 5.11 Å². The SMILES string of the molecule is Oc1c2ccoc2c(Br)c2occc12. The highest BCUT2D eigenvalue weighted by atomic mass is 79.9. The van der Waals surface area contributed by atoms with Crippen molar-refractivity contribution in [3.63, 3.8) is 0 Å². The third-order valence-electron chi connectivity index (χ3n) is 2.24. The monoisotopic (exact) mass is 252 g/mol. The Labute approximate surface area is 87.0 Å². The van der Waals surface area contributed by atoms with E-state index in [-0.39, 0.29) is 5.75 Å². The summed E-state index contributed by atoms with van der Waals surface area (Å²) in [5, 5.41) is 11.2. The molecular formula is C10H5BrO3. The van der Waals surface area contributed by atoms with Gasteiger partial charge in [-0.05, 0) is 28.1 Å². The second-order valence-electron chi connectivity index (χ2n) is 2.99. The highest BCUT2D eigenvalue weighted by Gasteiger charge is 2.15. The fourth-order valence-electron chi connectivity index (χ4n) is 1.58. The van der Waals surface area contributed by atoms with Crippen molar-refractivity contribution >= 4 is 37.9 Å². The maximum absolute atomic E-state index is 9.87. The first kappa shape index (κ1) is 7.94. The van der Waals surface area contributed by atoms with Gasteiger partial charge >= 0.3 is 0 Å². The summed E-state index contributed by atoms with van der Waals surface area (Å²) < 4.78 is 11.2. The Bertz CT molecular complexity index is 518. The van der Waals surface area contributed by atoms with Crippen LogP contribution >= 0.6 is 15.9 Å². The molecule has 0 spiro atoms. The van der Waals surface area contributed by atoms with E-state index >= 15 is 0 Å². The largest absolute Gasteiger partial charge is 0.506 e. The highest BCUT2D eigenvalue weighted by Crippen LogP contribution is 2.41. The van der Waals surface area contributed by atoms with Gasteiger partial charge in [-0.1, -0.05) is 0 Å². The number of phenols is 1. The van der Waals surface area contributed by atoms with Crippen LogP contribution in [0.1, 0.15) is 0 Å². The predicted molar refractivity (Wildman–Crippen MR) is 55.4 cm³/mol. The lowest BCUT2D eigenvalue weighted by Crippen LogP contribution is -1.73. The van der Waals surface area contributed by atoms with Gasteiger partial charge in [0.2, 0.25) is 0 Å². The Kier molecular flexibility index (Phi) is 1.44. The molecule has 0 bridgehead atoms. The van der Waals surface area contributed by atoms with E-state index in [0.29, 0.717) is 21.9 Å².